The first-order valence-corrected chi connectivity index (χ1v) is 18.5. The molecule has 0 saturated carbocycles. The van der Waals surface area contributed by atoms with E-state index < -0.39 is 54.1 Å². The lowest BCUT2D eigenvalue weighted by Gasteiger charge is -2.21. The van der Waals surface area contributed by atoms with Gasteiger partial charge in [-0.3, -0.25) is 0 Å². The number of benzene rings is 3. The molecule has 0 aromatic heterocycles. The van der Waals surface area contributed by atoms with Gasteiger partial charge in [0.15, 0.2) is 0 Å². The van der Waals surface area contributed by atoms with Gasteiger partial charge in [0.25, 0.3) is 0 Å². The lowest BCUT2D eigenvalue weighted by molar-refractivity contribution is 0.0116. The molecule has 0 amide bonds. The number of hydrogen-bond donors (Lipinski definition) is 3. The van der Waals surface area contributed by atoms with E-state index in [1.165, 1.54) is 70.9 Å². The minimum Gasteiger partial charge on any atom is -0.508 e. The minimum atomic E-state index is -0.678. The Morgan fingerprint density at radius 1 is 0.559 bits per heavy atom. The summed E-state index contributed by atoms with van der Waals surface area (Å²) in [6, 6.07) is 14.6. The van der Waals surface area contributed by atoms with Gasteiger partial charge in [-0.1, -0.05) is 40.7 Å². The monoisotopic (exact) mass is 828 g/mol. The van der Waals surface area contributed by atoms with Gasteiger partial charge in [0.2, 0.25) is 0 Å². The van der Waals surface area contributed by atoms with Crippen molar-refractivity contribution < 1.29 is 77.2 Å². The van der Waals surface area contributed by atoms with Crippen molar-refractivity contribution in [3.63, 3.8) is 0 Å². The molecule has 0 heterocycles. The maximum atomic E-state index is 12.4. The number of phenolic OH excluding ortho intramolecular Hbond substituents is 1. The van der Waals surface area contributed by atoms with Crippen LogP contribution in [0.5, 0.6) is 5.75 Å². The molecule has 0 aliphatic carbocycles. The summed E-state index contributed by atoms with van der Waals surface area (Å²) < 4.78 is 33.8. The maximum Gasteiger partial charge on any atom is 0.339 e. The fourth-order valence-electron chi connectivity index (χ4n) is 4.55. The summed E-state index contributed by atoms with van der Waals surface area (Å²) >= 11 is 0. The van der Waals surface area contributed by atoms with Gasteiger partial charge in [-0.2, -0.15) is 0 Å². The van der Waals surface area contributed by atoms with Crippen molar-refractivity contribution in [1.82, 2.24) is 0 Å². The molecule has 16 nitrogen and oxygen atoms in total. The van der Waals surface area contributed by atoms with Crippen LogP contribution >= 0.6 is 0 Å². The fraction of sp³-hybridized carbons (Fsp3) is 0.442. The van der Waals surface area contributed by atoms with E-state index in [-0.39, 0.29) is 64.4 Å². The highest BCUT2D eigenvalue weighted by molar-refractivity contribution is 6.03. The van der Waals surface area contributed by atoms with Gasteiger partial charge in [0.05, 0.1) is 73.5 Å². The predicted molar refractivity (Wildman–Crippen MR) is 214 cm³/mol. The number of carbonyl (C=O) groups excluding carboxylic acids is 6. The third-order valence-electron chi connectivity index (χ3n) is 8.09. The van der Waals surface area contributed by atoms with E-state index in [9.17, 15) is 44.1 Å². The molecule has 0 aliphatic heterocycles. The Morgan fingerprint density at radius 3 is 1.37 bits per heavy atom. The van der Waals surface area contributed by atoms with Crippen LogP contribution in [0.25, 0.3) is 0 Å². The molecule has 59 heavy (non-hydrogen) atoms. The molecule has 0 saturated heterocycles. The molecule has 0 spiro atoms. The van der Waals surface area contributed by atoms with Crippen molar-refractivity contribution in [1.29, 1.82) is 0 Å². The van der Waals surface area contributed by atoms with E-state index >= 15 is 0 Å². The number of phenols is 1. The molecule has 0 fully saturated rings. The van der Waals surface area contributed by atoms with Gasteiger partial charge in [0, 0.05) is 7.11 Å². The van der Waals surface area contributed by atoms with Crippen molar-refractivity contribution in [2.75, 3.05) is 48.3 Å². The summed E-state index contributed by atoms with van der Waals surface area (Å²) in [5, 5.41) is 27.9. The van der Waals surface area contributed by atoms with E-state index in [1.807, 2.05) is 26.8 Å². The number of carbonyl (C=O) groups is 6. The number of hydrogen-bond acceptors (Lipinski definition) is 16. The predicted octanol–water partition coefficient (Wildman–Crippen LogP) is 5.47. The van der Waals surface area contributed by atoms with Gasteiger partial charge >= 0.3 is 35.8 Å². The first-order chi connectivity index (χ1) is 27.8. The number of aliphatic hydroxyl groups excluding tert-OH is 2. The molecule has 0 bridgehead atoms. The molecule has 0 radical (unpaired) electrons. The molecule has 3 atom stereocenters. The van der Waals surface area contributed by atoms with Crippen LogP contribution in [0.4, 0.5) is 0 Å². The highest BCUT2D eigenvalue weighted by Crippen LogP contribution is 2.26. The number of esters is 6. The maximum absolute atomic E-state index is 12.4. The lowest BCUT2D eigenvalue weighted by Crippen LogP contribution is -2.22. The zero-order valence-electron chi connectivity index (χ0n) is 35.2. The van der Waals surface area contributed by atoms with E-state index in [0.29, 0.717) is 12.8 Å². The van der Waals surface area contributed by atoms with Crippen LogP contribution in [0.1, 0.15) is 122 Å². The largest absolute Gasteiger partial charge is 0.508 e. The Hall–Kier alpha value is -5.84. The Bertz CT molecular complexity index is 1770. The molecule has 3 N–H and O–H groups in total. The van der Waals surface area contributed by atoms with Crippen LogP contribution in [0.2, 0.25) is 0 Å². The van der Waals surface area contributed by atoms with Gasteiger partial charge in [-0.15, -0.1) is 0 Å². The molecule has 324 valence electrons. The topological polar surface area (TPSA) is 228 Å². The van der Waals surface area contributed by atoms with Crippen LogP contribution < -0.4 is 0 Å². The molecule has 3 rings (SSSR count). The van der Waals surface area contributed by atoms with E-state index in [1.54, 1.807) is 32.9 Å². The van der Waals surface area contributed by atoms with Gasteiger partial charge in [-0.05, 0) is 85.3 Å². The van der Waals surface area contributed by atoms with Crippen LogP contribution in [0.3, 0.4) is 0 Å². The Balaban J connectivity index is 0.000000451. The van der Waals surface area contributed by atoms with Gasteiger partial charge < -0.3 is 48.5 Å². The second-order valence-electron chi connectivity index (χ2n) is 13.8. The minimum absolute atomic E-state index is 0.0615. The van der Waals surface area contributed by atoms with Crippen LogP contribution in [0, 0.1) is 0 Å². The fourth-order valence-corrected chi connectivity index (χ4v) is 4.55. The molecule has 3 aromatic carbocycles. The van der Waals surface area contributed by atoms with Crippen LogP contribution in [-0.2, 0) is 38.6 Å². The van der Waals surface area contributed by atoms with Crippen molar-refractivity contribution >= 4 is 35.8 Å². The van der Waals surface area contributed by atoms with E-state index in [0.717, 1.165) is 5.56 Å². The van der Waals surface area contributed by atoms with Gasteiger partial charge in [-0.25, -0.2) is 28.8 Å². The summed E-state index contributed by atoms with van der Waals surface area (Å²) in [6.45, 7) is 11.6. The standard InChI is InChI=1S/C17H24O5.C16H22O6.C10H10O5/c1-11(10-20-5)22-16(19)14-9-12(17(2,3)4)7-8-13(14)15(18)21-6;1-3-13(17)9-21-15(19)11-5-7-12(8-6-11)16(20)22-10-14(18)4-2;1-14-9(12)6-3-7(10(13)15-2)5-8(11)4-6/h7-9,11H,10H2,1-6H3;5-8,13-14,17-18H,3-4,9-10H2,1-2H3;3-5,11H,1-2H3. The zero-order valence-corrected chi connectivity index (χ0v) is 35.2. The average Bonchev–Trinajstić information content (AvgIpc) is 3.23. The van der Waals surface area contributed by atoms with Gasteiger partial charge in [0.1, 0.15) is 25.1 Å². The smallest absolute Gasteiger partial charge is 0.339 e. The third kappa shape index (κ3) is 17.7. The summed E-state index contributed by atoms with van der Waals surface area (Å²) in [5.74, 6) is -3.70. The molecule has 3 aromatic rings. The normalized spacial score (nSPS) is 12.1. The number of aliphatic hydroxyl groups is 2. The molecular formula is C43H56O16. The van der Waals surface area contributed by atoms with Crippen molar-refractivity contribution in [2.24, 2.45) is 0 Å². The quantitative estimate of drug-likeness (QED) is 0.127. The number of aromatic hydroxyl groups is 1. The number of methoxy groups -OCH3 is 4. The third-order valence-corrected chi connectivity index (χ3v) is 8.09. The zero-order chi connectivity index (χ0) is 44.9. The lowest BCUT2D eigenvalue weighted by atomic mass is 9.85. The number of ether oxygens (including phenoxy) is 7. The van der Waals surface area contributed by atoms with E-state index in [4.69, 9.17) is 23.7 Å². The molecule has 0 aliphatic rings. The summed E-state index contributed by atoms with van der Waals surface area (Å²) in [6.07, 6.45) is -0.753. The second-order valence-corrected chi connectivity index (χ2v) is 13.8. The van der Waals surface area contributed by atoms with Crippen molar-refractivity contribution in [2.45, 2.75) is 78.1 Å². The highest BCUT2D eigenvalue weighted by Gasteiger charge is 2.24. The highest BCUT2D eigenvalue weighted by atomic mass is 16.6. The SMILES string of the molecule is CCC(O)COC(=O)c1ccc(C(=O)OCC(O)CC)cc1.COC(=O)c1cc(O)cc(C(=O)OC)c1.COCC(C)OC(=O)c1cc(C(C)(C)C)ccc1C(=O)OC. The summed E-state index contributed by atoms with van der Waals surface area (Å²) in [5.41, 5.74) is 1.96. The van der Waals surface area contributed by atoms with Crippen molar-refractivity contribution in [3.05, 3.63) is 99.6 Å². The van der Waals surface area contributed by atoms with Crippen LogP contribution in [0.15, 0.2) is 60.7 Å². The Kier molecular flexibility index (Phi) is 22.1. The molecule has 16 heteroatoms. The second kappa shape index (κ2) is 25.5. The average molecular weight is 829 g/mol. The molecular weight excluding hydrogens is 772 g/mol. The van der Waals surface area contributed by atoms with Crippen molar-refractivity contribution in [3.8, 4) is 5.75 Å². The Labute approximate surface area is 344 Å². The summed E-state index contributed by atoms with van der Waals surface area (Å²) in [7, 11) is 5.24. The van der Waals surface area contributed by atoms with Crippen LogP contribution in [-0.4, -0.2) is 118 Å². The van der Waals surface area contributed by atoms with E-state index in [2.05, 4.69) is 9.47 Å². The first kappa shape index (κ1) is 51.2. The first-order valence-electron chi connectivity index (χ1n) is 18.5. The summed E-state index contributed by atoms with van der Waals surface area (Å²) in [4.78, 5) is 69.9. The Morgan fingerprint density at radius 2 is 1.00 bits per heavy atom. The molecule has 3 unspecified atom stereocenters. The number of rotatable bonds is 15.